The lowest BCUT2D eigenvalue weighted by molar-refractivity contribution is 0.102. The summed E-state index contributed by atoms with van der Waals surface area (Å²) in [6, 6.07) is 0. The third-order valence-electron chi connectivity index (χ3n) is 1.58. The van der Waals surface area contributed by atoms with Gasteiger partial charge in [-0.15, -0.1) is 0 Å². The molecule has 1 amide bonds. The van der Waals surface area contributed by atoms with Gasteiger partial charge in [0.1, 0.15) is 12.0 Å². The molecule has 0 aliphatic heterocycles. The molecule has 2 aromatic heterocycles. The molecule has 2 rings (SSSR count). The molecule has 0 aromatic carbocycles. The maximum atomic E-state index is 11.5. The minimum absolute atomic E-state index is 0.306. The van der Waals surface area contributed by atoms with Crippen LogP contribution in [0.2, 0.25) is 0 Å². The summed E-state index contributed by atoms with van der Waals surface area (Å²) in [4.78, 5) is 19.1. The number of imidazole rings is 1. The Morgan fingerprint density at radius 1 is 1.57 bits per heavy atom. The summed E-state index contributed by atoms with van der Waals surface area (Å²) in [5, 5.41) is 8.62. The third kappa shape index (κ3) is 1.60. The predicted octanol–water partition coefficient (Wildman–Crippen LogP) is -0.210. The number of aromatic nitrogens is 5. The lowest BCUT2D eigenvalue weighted by Gasteiger charge is -1.95. The molecule has 2 N–H and O–H groups in total. The molecule has 0 atom stereocenters. The van der Waals surface area contributed by atoms with Gasteiger partial charge in [0.05, 0.1) is 6.33 Å². The zero-order valence-corrected chi connectivity index (χ0v) is 7.43. The second-order valence-electron chi connectivity index (χ2n) is 2.71. The van der Waals surface area contributed by atoms with Crippen LogP contribution in [-0.4, -0.2) is 30.6 Å². The fraction of sp³-hybridized carbons (Fsp3) is 0.143. The zero-order chi connectivity index (χ0) is 9.97. The van der Waals surface area contributed by atoms with Gasteiger partial charge < -0.3 is 4.57 Å². The summed E-state index contributed by atoms with van der Waals surface area (Å²) in [5.74, 6) is -0.0111. The molecule has 0 bridgehead atoms. The number of amides is 1. The summed E-state index contributed by atoms with van der Waals surface area (Å²) >= 11 is 0. The van der Waals surface area contributed by atoms with Crippen LogP contribution < -0.4 is 5.32 Å². The quantitative estimate of drug-likeness (QED) is 0.689. The van der Waals surface area contributed by atoms with Crippen molar-refractivity contribution in [2.24, 2.45) is 7.05 Å². The molecule has 0 saturated carbocycles. The van der Waals surface area contributed by atoms with Crippen LogP contribution in [0.3, 0.4) is 0 Å². The molecule has 0 aliphatic carbocycles. The molecule has 14 heavy (non-hydrogen) atoms. The number of carbonyl (C=O) groups is 1. The number of aromatic amines is 1. The van der Waals surface area contributed by atoms with Crippen molar-refractivity contribution < 1.29 is 4.79 Å². The summed E-state index contributed by atoms with van der Waals surface area (Å²) in [6.45, 7) is 0. The van der Waals surface area contributed by atoms with Gasteiger partial charge in [0.25, 0.3) is 5.91 Å². The fourth-order valence-electron chi connectivity index (χ4n) is 0.967. The van der Waals surface area contributed by atoms with Crippen LogP contribution in [0.25, 0.3) is 0 Å². The SMILES string of the molecule is Cn1cnc(C(=O)Nc2ncn[nH]2)c1. The van der Waals surface area contributed by atoms with E-state index in [9.17, 15) is 4.79 Å². The highest BCUT2D eigenvalue weighted by molar-refractivity contribution is 6.01. The van der Waals surface area contributed by atoms with Crippen LogP contribution in [0.1, 0.15) is 10.5 Å². The van der Waals surface area contributed by atoms with E-state index >= 15 is 0 Å². The molecule has 0 radical (unpaired) electrons. The molecule has 2 heterocycles. The van der Waals surface area contributed by atoms with Crippen molar-refractivity contribution in [1.29, 1.82) is 0 Å². The number of carbonyl (C=O) groups excluding carboxylic acids is 1. The topological polar surface area (TPSA) is 88.5 Å². The van der Waals surface area contributed by atoms with E-state index in [0.29, 0.717) is 11.6 Å². The molecule has 0 saturated heterocycles. The van der Waals surface area contributed by atoms with Crippen LogP contribution >= 0.6 is 0 Å². The molecule has 0 aliphatic rings. The fourth-order valence-corrected chi connectivity index (χ4v) is 0.967. The van der Waals surface area contributed by atoms with Crippen molar-refractivity contribution in [3.63, 3.8) is 0 Å². The molecule has 2 aromatic rings. The van der Waals surface area contributed by atoms with Crippen molar-refractivity contribution >= 4 is 11.9 Å². The number of anilines is 1. The summed E-state index contributed by atoms with van der Waals surface area (Å²) in [6.07, 6.45) is 4.48. The highest BCUT2D eigenvalue weighted by Crippen LogP contribution is 1.99. The molecular formula is C7H8N6O. The van der Waals surface area contributed by atoms with Crippen LogP contribution in [0.15, 0.2) is 18.9 Å². The Morgan fingerprint density at radius 3 is 3.00 bits per heavy atom. The lowest BCUT2D eigenvalue weighted by Crippen LogP contribution is -2.13. The van der Waals surface area contributed by atoms with Gasteiger partial charge in [0, 0.05) is 13.2 Å². The molecular weight excluding hydrogens is 184 g/mol. The van der Waals surface area contributed by atoms with E-state index in [1.54, 1.807) is 24.1 Å². The van der Waals surface area contributed by atoms with E-state index in [0.717, 1.165) is 0 Å². The molecule has 7 nitrogen and oxygen atoms in total. The minimum Gasteiger partial charge on any atom is -0.340 e. The van der Waals surface area contributed by atoms with Crippen LogP contribution in [0.5, 0.6) is 0 Å². The van der Waals surface area contributed by atoms with Gasteiger partial charge in [-0.3, -0.25) is 10.1 Å². The highest BCUT2D eigenvalue weighted by Gasteiger charge is 2.09. The smallest absolute Gasteiger partial charge is 0.278 e. The minimum atomic E-state index is -0.317. The van der Waals surface area contributed by atoms with Crippen molar-refractivity contribution in [1.82, 2.24) is 24.7 Å². The second kappa shape index (κ2) is 3.29. The first-order chi connectivity index (χ1) is 6.75. The van der Waals surface area contributed by atoms with Crippen LogP contribution in [0.4, 0.5) is 5.95 Å². The molecule has 72 valence electrons. The van der Waals surface area contributed by atoms with E-state index in [1.165, 1.54) is 6.33 Å². The molecule has 0 fully saturated rings. The van der Waals surface area contributed by atoms with Crippen molar-refractivity contribution in [3.8, 4) is 0 Å². The number of nitrogens with zero attached hydrogens (tertiary/aromatic N) is 4. The Kier molecular flexibility index (Phi) is 1.98. The van der Waals surface area contributed by atoms with E-state index < -0.39 is 0 Å². The molecule has 0 unspecified atom stereocenters. The van der Waals surface area contributed by atoms with Gasteiger partial charge in [-0.2, -0.15) is 10.1 Å². The largest absolute Gasteiger partial charge is 0.340 e. The average Bonchev–Trinajstić information content (AvgIpc) is 2.75. The molecule has 7 heteroatoms. The number of aryl methyl sites for hydroxylation is 1. The number of hydrogen-bond donors (Lipinski definition) is 2. The Labute approximate surface area is 79.2 Å². The normalized spacial score (nSPS) is 10.1. The standard InChI is InChI=1S/C7H8N6O/c1-13-2-5(9-4-13)6(14)11-7-8-3-10-12-7/h2-4H,1H3,(H2,8,10,11,12,14). The predicted molar refractivity (Wildman–Crippen MR) is 47.5 cm³/mol. The zero-order valence-electron chi connectivity index (χ0n) is 7.43. The van der Waals surface area contributed by atoms with Crippen LogP contribution in [-0.2, 0) is 7.05 Å². The van der Waals surface area contributed by atoms with Gasteiger partial charge in [-0.05, 0) is 0 Å². The summed E-state index contributed by atoms with van der Waals surface area (Å²) < 4.78 is 1.69. The first kappa shape index (κ1) is 8.42. The monoisotopic (exact) mass is 192 g/mol. The van der Waals surface area contributed by atoms with Gasteiger partial charge in [-0.25, -0.2) is 10.1 Å². The summed E-state index contributed by atoms with van der Waals surface area (Å²) in [7, 11) is 1.79. The first-order valence-electron chi connectivity index (χ1n) is 3.90. The van der Waals surface area contributed by atoms with Crippen molar-refractivity contribution in [3.05, 3.63) is 24.5 Å². The lowest BCUT2D eigenvalue weighted by atomic mass is 10.4. The second-order valence-corrected chi connectivity index (χ2v) is 2.71. The third-order valence-corrected chi connectivity index (χ3v) is 1.58. The van der Waals surface area contributed by atoms with Crippen molar-refractivity contribution in [2.45, 2.75) is 0 Å². The Balaban J connectivity index is 2.10. The summed E-state index contributed by atoms with van der Waals surface area (Å²) in [5.41, 5.74) is 0.337. The first-order valence-corrected chi connectivity index (χ1v) is 3.90. The average molecular weight is 192 g/mol. The Hall–Kier alpha value is -2.18. The van der Waals surface area contributed by atoms with E-state index in [2.05, 4.69) is 25.5 Å². The maximum Gasteiger partial charge on any atom is 0.278 e. The van der Waals surface area contributed by atoms with Crippen molar-refractivity contribution in [2.75, 3.05) is 5.32 Å². The highest BCUT2D eigenvalue weighted by atomic mass is 16.2. The number of nitrogens with one attached hydrogen (secondary N) is 2. The maximum absolute atomic E-state index is 11.5. The van der Waals surface area contributed by atoms with Gasteiger partial charge in [-0.1, -0.05) is 0 Å². The number of rotatable bonds is 2. The van der Waals surface area contributed by atoms with E-state index in [1.807, 2.05) is 0 Å². The number of H-pyrrole nitrogens is 1. The van der Waals surface area contributed by atoms with Gasteiger partial charge in [0.2, 0.25) is 5.95 Å². The van der Waals surface area contributed by atoms with Gasteiger partial charge in [0.15, 0.2) is 0 Å². The number of hydrogen-bond acceptors (Lipinski definition) is 4. The Morgan fingerprint density at radius 2 is 2.43 bits per heavy atom. The van der Waals surface area contributed by atoms with Crippen LogP contribution in [0, 0.1) is 0 Å². The van der Waals surface area contributed by atoms with E-state index in [-0.39, 0.29) is 5.91 Å². The van der Waals surface area contributed by atoms with E-state index in [4.69, 9.17) is 0 Å². The Bertz CT molecular complexity index is 431. The van der Waals surface area contributed by atoms with Gasteiger partial charge >= 0.3 is 0 Å². The molecule has 0 spiro atoms.